The molecule has 0 aliphatic carbocycles. The molecular weight excluding hydrogens is 248 g/mol. The fourth-order valence-corrected chi connectivity index (χ4v) is 1.63. The summed E-state index contributed by atoms with van der Waals surface area (Å²) in [5.74, 6) is 0.266. The Morgan fingerprint density at radius 1 is 1.47 bits per heavy atom. The van der Waals surface area contributed by atoms with Gasteiger partial charge in [0.25, 0.3) is 0 Å². The van der Waals surface area contributed by atoms with E-state index in [0.717, 1.165) is 11.4 Å². The maximum atomic E-state index is 10.8. The Hall–Kier alpha value is -2.57. The van der Waals surface area contributed by atoms with E-state index in [1.54, 1.807) is 25.3 Å². The number of ether oxygens (including phenoxy) is 1. The van der Waals surface area contributed by atoms with Gasteiger partial charge in [-0.05, 0) is 19.1 Å². The zero-order valence-corrected chi connectivity index (χ0v) is 10.4. The van der Waals surface area contributed by atoms with Gasteiger partial charge in [-0.15, -0.1) is 0 Å². The summed E-state index contributed by atoms with van der Waals surface area (Å²) in [7, 11) is 0. The number of rotatable bonds is 6. The van der Waals surface area contributed by atoms with Crippen molar-refractivity contribution in [1.29, 1.82) is 0 Å². The minimum Gasteiger partial charge on any atom is -0.487 e. The van der Waals surface area contributed by atoms with Crippen LogP contribution in [0.4, 0.5) is 11.4 Å². The molecule has 0 spiro atoms. The van der Waals surface area contributed by atoms with E-state index in [4.69, 9.17) is 4.74 Å². The van der Waals surface area contributed by atoms with Crippen LogP contribution in [0.5, 0.6) is 5.75 Å². The molecule has 7 heteroatoms. The third kappa shape index (κ3) is 3.21. The van der Waals surface area contributed by atoms with Gasteiger partial charge in [-0.2, -0.15) is 5.10 Å². The number of hydrogen-bond donors (Lipinski definition) is 2. The van der Waals surface area contributed by atoms with Crippen LogP contribution in [0.2, 0.25) is 0 Å². The summed E-state index contributed by atoms with van der Waals surface area (Å²) >= 11 is 0. The molecule has 7 nitrogen and oxygen atoms in total. The van der Waals surface area contributed by atoms with Gasteiger partial charge in [0.15, 0.2) is 5.75 Å². The van der Waals surface area contributed by atoms with Crippen LogP contribution in [-0.4, -0.2) is 21.7 Å². The Balaban J connectivity index is 2.13. The number of aromatic nitrogens is 2. The van der Waals surface area contributed by atoms with Crippen LogP contribution < -0.4 is 10.1 Å². The number of hydrogen-bond acceptors (Lipinski definition) is 5. The van der Waals surface area contributed by atoms with Crippen molar-refractivity contribution in [2.24, 2.45) is 0 Å². The first-order chi connectivity index (χ1) is 9.20. The smallest absolute Gasteiger partial charge is 0.311 e. The van der Waals surface area contributed by atoms with Gasteiger partial charge in [0, 0.05) is 24.0 Å². The van der Waals surface area contributed by atoms with Crippen LogP contribution in [0.3, 0.4) is 0 Å². The molecule has 2 aromatic rings. The topological polar surface area (TPSA) is 93.1 Å². The standard InChI is InChI=1S/C12H14N4O3/c1-2-19-12-7-9(3-4-11(12)16(17)18)13-8-10-5-6-14-15-10/h3-7,13H,2,8H2,1H3,(H,14,15). The number of aromatic amines is 1. The van der Waals surface area contributed by atoms with Crippen molar-refractivity contribution in [3.05, 3.63) is 46.3 Å². The predicted octanol–water partition coefficient (Wildman–Crippen LogP) is 2.33. The second kappa shape index (κ2) is 5.85. The predicted molar refractivity (Wildman–Crippen MR) is 70.2 cm³/mol. The summed E-state index contributed by atoms with van der Waals surface area (Å²) in [5.41, 5.74) is 1.65. The number of nitro groups is 1. The molecule has 1 heterocycles. The zero-order valence-electron chi connectivity index (χ0n) is 10.4. The van der Waals surface area contributed by atoms with Gasteiger partial charge in [-0.25, -0.2) is 0 Å². The summed E-state index contributed by atoms with van der Waals surface area (Å²) in [6.07, 6.45) is 1.67. The lowest BCUT2D eigenvalue weighted by molar-refractivity contribution is -0.385. The Labute approximate surface area is 109 Å². The largest absolute Gasteiger partial charge is 0.487 e. The van der Waals surface area contributed by atoms with E-state index in [-0.39, 0.29) is 11.4 Å². The van der Waals surface area contributed by atoms with E-state index in [0.29, 0.717) is 13.2 Å². The molecule has 0 amide bonds. The van der Waals surface area contributed by atoms with Crippen LogP contribution in [0.15, 0.2) is 30.5 Å². The molecule has 0 radical (unpaired) electrons. The first kappa shape index (κ1) is 12.9. The molecule has 0 aliphatic heterocycles. The highest BCUT2D eigenvalue weighted by Crippen LogP contribution is 2.30. The second-order valence-corrected chi connectivity index (χ2v) is 3.81. The van der Waals surface area contributed by atoms with Crippen molar-refractivity contribution in [3.8, 4) is 5.75 Å². The van der Waals surface area contributed by atoms with Crippen LogP contribution in [0, 0.1) is 10.1 Å². The van der Waals surface area contributed by atoms with Crippen molar-refractivity contribution in [2.45, 2.75) is 13.5 Å². The third-order valence-corrected chi connectivity index (χ3v) is 2.50. The molecule has 0 saturated heterocycles. The fourth-order valence-electron chi connectivity index (χ4n) is 1.63. The van der Waals surface area contributed by atoms with Gasteiger partial charge in [0.2, 0.25) is 0 Å². The van der Waals surface area contributed by atoms with Crippen molar-refractivity contribution in [2.75, 3.05) is 11.9 Å². The zero-order chi connectivity index (χ0) is 13.7. The SMILES string of the molecule is CCOc1cc(NCc2ccn[nH]2)ccc1[N+](=O)[O-]. The Morgan fingerprint density at radius 2 is 2.32 bits per heavy atom. The number of nitro benzene ring substituents is 1. The van der Waals surface area contributed by atoms with Crippen LogP contribution in [-0.2, 0) is 6.54 Å². The highest BCUT2D eigenvalue weighted by Gasteiger charge is 2.15. The number of H-pyrrole nitrogens is 1. The summed E-state index contributed by atoms with van der Waals surface area (Å²) < 4.78 is 5.27. The van der Waals surface area contributed by atoms with Crippen LogP contribution in [0.25, 0.3) is 0 Å². The van der Waals surface area contributed by atoms with E-state index in [9.17, 15) is 10.1 Å². The minimum absolute atomic E-state index is 0.0334. The molecule has 0 fully saturated rings. The summed E-state index contributed by atoms with van der Waals surface area (Å²) in [5, 5.41) is 20.6. The van der Waals surface area contributed by atoms with E-state index in [1.165, 1.54) is 6.07 Å². The molecule has 0 saturated carbocycles. The van der Waals surface area contributed by atoms with Crippen LogP contribution in [0.1, 0.15) is 12.6 Å². The third-order valence-electron chi connectivity index (χ3n) is 2.50. The second-order valence-electron chi connectivity index (χ2n) is 3.81. The van der Waals surface area contributed by atoms with E-state index in [1.807, 2.05) is 6.07 Å². The minimum atomic E-state index is -0.455. The first-order valence-corrected chi connectivity index (χ1v) is 5.84. The van der Waals surface area contributed by atoms with E-state index < -0.39 is 4.92 Å². The maximum Gasteiger partial charge on any atom is 0.311 e. The maximum absolute atomic E-state index is 10.8. The lowest BCUT2D eigenvalue weighted by Crippen LogP contribution is -2.02. The molecule has 2 rings (SSSR count). The lowest BCUT2D eigenvalue weighted by atomic mass is 10.2. The van der Waals surface area contributed by atoms with Crippen LogP contribution >= 0.6 is 0 Å². The molecule has 2 N–H and O–H groups in total. The van der Waals surface area contributed by atoms with E-state index in [2.05, 4.69) is 15.5 Å². The summed E-state index contributed by atoms with van der Waals surface area (Å²) in [4.78, 5) is 10.4. The van der Waals surface area contributed by atoms with Crippen molar-refractivity contribution in [3.63, 3.8) is 0 Å². The van der Waals surface area contributed by atoms with Gasteiger partial charge in [-0.1, -0.05) is 0 Å². The Kier molecular flexibility index (Phi) is 3.97. The highest BCUT2D eigenvalue weighted by atomic mass is 16.6. The Bertz CT molecular complexity index is 554. The molecule has 0 bridgehead atoms. The quantitative estimate of drug-likeness (QED) is 0.615. The number of nitrogens with zero attached hydrogens (tertiary/aromatic N) is 2. The average molecular weight is 262 g/mol. The average Bonchev–Trinajstić information content (AvgIpc) is 2.90. The van der Waals surface area contributed by atoms with Crippen molar-refractivity contribution in [1.82, 2.24) is 10.2 Å². The monoisotopic (exact) mass is 262 g/mol. The van der Waals surface area contributed by atoms with Gasteiger partial charge >= 0.3 is 5.69 Å². The number of anilines is 1. The number of benzene rings is 1. The lowest BCUT2D eigenvalue weighted by Gasteiger charge is -2.08. The molecule has 0 unspecified atom stereocenters. The highest BCUT2D eigenvalue weighted by molar-refractivity contribution is 5.58. The number of nitrogens with one attached hydrogen (secondary N) is 2. The normalized spacial score (nSPS) is 10.2. The van der Waals surface area contributed by atoms with Gasteiger partial charge in [0.05, 0.1) is 23.8 Å². The molecule has 1 aromatic carbocycles. The molecule has 0 aliphatic rings. The summed E-state index contributed by atoms with van der Waals surface area (Å²) in [6, 6.07) is 6.55. The fraction of sp³-hybridized carbons (Fsp3) is 0.250. The van der Waals surface area contributed by atoms with Gasteiger partial charge in [0.1, 0.15) is 0 Å². The molecule has 1 aromatic heterocycles. The Morgan fingerprint density at radius 3 is 2.95 bits per heavy atom. The van der Waals surface area contributed by atoms with Crippen molar-refractivity contribution < 1.29 is 9.66 Å². The van der Waals surface area contributed by atoms with Crippen molar-refractivity contribution >= 4 is 11.4 Å². The molecule has 100 valence electrons. The first-order valence-electron chi connectivity index (χ1n) is 5.84. The molecular formula is C12H14N4O3. The molecule has 0 atom stereocenters. The van der Waals surface area contributed by atoms with Gasteiger partial charge < -0.3 is 10.1 Å². The molecule has 19 heavy (non-hydrogen) atoms. The summed E-state index contributed by atoms with van der Waals surface area (Å²) in [6.45, 7) is 2.72. The van der Waals surface area contributed by atoms with E-state index >= 15 is 0 Å². The van der Waals surface area contributed by atoms with Gasteiger partial charge in [-0.3, -0.25) is 15.2 Å².